The number of carbonyl (C=O) groups is 1. The van der Waals surface area contributed by atoms with E-state index in [2.05, 4.69) is 0 Å². The van der Waals surface area contributed by atoms with Gasteiger partial charge in [0.15, 0.2) is 0 Å². The molecule has 14 heavy (non-hydrogen) atoms. The van der Waals surface area contributed by atoms with Crippen molar-refractivity contribution >= 4 is 5.97 Å². The molecule has 0 aliphatic rings. The van der Waals surface area contributed by atoms with E-state index >= 15 is 0 Å². The summed E-state index contributed by atoms with van der Waals surface area (Å²) in [5.74, 6) is -0.134. The highest BCUT2D eigenvalue weighted by Crippen LogP contribution is 2.10. The van der Waals surface area contributed by atoms with Crippen LogP contribution in [-0.4, -0.2) is 37.1 Å². The Hall–Kier alpha value is -0.570. The Kier molecular flexibility index (Phi) is 8.85. The van der Waals surface area contributed by atoms with Crippen LogP contribution in [0, 0.1) is 0 Å². The zero-order valence-electron chi connectivity index (χ0n) is 10.7. The molecule has 0 aromatic heterocycles. The van der Waals surface area contributed by atoms with Crippen molar-refractivity contribution in [3.05, 3.63) is 0 Å². The van der Waals surface area contributed by atoms with Gasteiger partial charge >= 0.3 is 5.97 Å². The number of ether oxygens (including phenoxy) is 1. The maximum atomic E-state index is 10.8. The molecule has 0 radical (unpaired) electrons. The Morgan fingerprint density at radius 2 is 1.71 bits per heavy atom. The maximum Gasteiger partial charge on any atom is 0.305 e. The molecule has 86 valence electrons. The molecule has 0 aliphatic carbocycles. The Labute approximate surface area is 88.4 Å². The third-order valence-corrected chi connectivity index (χ3v) is 2.09. The predicted octanol–water partition coefficient (Wildman–Crippen LogP) is 2.31. The second-order valence-electron chi connectivity index (χ2n) is 3.72. The third kappa shape index (κ3) is 6.89. The van der Waals surface area contributed by atoms with Crippen LogP contribution in [0.2, 0.25) is 0 Å². The quantitative estimate of drug-likeness (QED) is 0.657. The van der Waals surface area contributed by atoms with Gasteiger partial charge in [-0.3, -0.25) is 4.79 Å². The fourth-order valence-electron chi connectivity index (χ4n) is 0.488. The Bertz CT molecular complexity index is 153. The van der Waals surface area contributed by atoms with Crippen molar-refractivity contribution in [2.24, 2.45) is 0 Å². The van der Waals surface area contributed by atoms with Gasteiger partial charge < -0.3 is 9.64 Å². The first-order chi connectivity index (χ1) is 6.40. The average Bonchev–Trinajstić information content (AvgIpc) is 2.17. The summed E-state index contributed by atoms with van der Waals surface area (Å²) in [5.41, 5.74) is -0.0785. The van der Waals surface area contributed by atoms with Crippen LogP contribution in [-0.2, 0) is 9.53 Å². The van der Waals surface area contributed by atoms with Crippen LogP contribution in [0.4, 0.5) is 0 Å². The van der Waals surface area contributed by atoms with Crippen LogP contribution in [0.25, 0.3) is 0 Å². The molecule has 0 spiro atoms. The summed E-state index contributed by atoms with van der Waals surface area (Å²) < 4.78 is 5.04. The van der Waals surface area contributed by atoms with Crippen LogP contribution in [0.3, 0.4) is 0 Å². The Morgan fingerprint density at radius 3 is 2.00 bits per heavy atom. The van der Waals surface area contributed by atoms with E-state index in [9.17, 15) is 4.79 Å². The minimum Gasteiger partial charge on any atom is -0.464 e. The van der Waals surface area contributed by atoms with Gasteiger partial charge in [-0.2, -0.15) is 0 Å². The number of carbonyl (C=O) groups excluding carboxylic acids is 1. The lowest BCUT2D eigenvalue weighted by Crippen LogP contribution is -2.42. The van der Waals surface area contributed by atoms with Crippen molar-refractivity contribution in [1.29, 1.82) is 0 Å². The Morgan fingerprint density at radius 1 is 1.29 bits per heavy atom. The van der Waals surface area contributed by atoms with E-state index in [1.54, 1.807) is 6.92 Å². The molecule has 3 nitrogen and oxygen atoms in total. The van der Waals surface area contributed by atoms with Crippen molar-refractivity contribution in [2.45, 2.75) is 46.6 Å². The molecule has 0 aromatic rings. The molecule has 0 atom stereocenters. The van der Waals surface area contributed by atoms with Crippen LogP contribution >= 0.6 is 0 Å². The molecule has 0 saturated carbocycles. The summed E-state index contributed by atoms with van der Waals surface area (Å²) in [7, 11) is 3.94. The van der Waals surface area contributed by atoms with E-state index < -0.39 is 0 Å². The van der Waals surface area contributed by atoms with Gasteiger partial charge in [-0.25, -0.2) is 0 Å². The van der Waals surface area contributed by atoms with Crippen molar-refractivity contribution in [1.82, 2.24) is 4.90 Å². The van der Waals surface area contributed by atoms with Crippen LogP contribution in [0.15, 0.2) is 0 Å². The molecular weight excluding hydrogens is 178 g/mol. The molecule has 0 unspecified atom stereocenters. The molecule has 0 aromatic carbocycles. The van der Waals surface area contributed by atoms with Gasteiger partial charge in [-0.15, -0.1) is 0 Å². The smallest absolute Gasteiger partial charge is 0.305 e. The second kappa shape index (κ2) is 7.80. The largest absolute Gasteiger partial charge is 0.464 e. The van der Waals surface area contributed by atoms with Crippen molar-refractivity contribution < 1.29 is 9.53 Å². The van der Waals surface area contributed by atoms with E-state index in [0.29, 0.717) is 13.0 Å². The van der Waals surface area contributed by atoms with Gasteiger partial charge in [-0.1, -0.05) is 20.8 Å². The van der Waals surface area contributed by atoms with Crippen molar-refractivity contribution in [3.63, 3.8) is 0 Å². The van der Waals surface area contributed by atoms with E-state index in [-0.39, 0.29) is 11.5 Å². The SMILES string of the molecule is CC.CCC(=O)OCC(C)(C)N(C)C. The highest BCUT2D eigenvalue weighted by molar-refractivity contribution is 5.68. The van der Waals surface area contributed by atoms with E-state index in [4.69, 9.17) is 4.74 Å². The highest BCUT2D eigenvalue weighted by atomic mass is 16.5. The topological polar surface area (TPSA) is 29.5 Å². The fraction of sp³-hybridized carbons (Fsp3) is 0.909. The van der Waals surface area contributed by atoms with Crippen LogP contribution in [0.1, 0.15) is 41.0 Å². The van der Waals surface area contributed by atoms with Gasteiger partial charge in [0.1, 0.15) is 6.61 Å². The summed E-state index contributed by atoms with van der Waals surface area (Å²) >= 11 is 0. The van der Waals surface area contributed by atoms with Crippen LogP contribution < -0.4 is 0 Å². The molecule has 0 heterocycles. The molecule has 0 aliphatic heterocycles. The normalized spacial score (nSPS) is 10.6. The molecular formula is C11H25NO2. The first-order valence-corrected chi connectivity index (χ1v) is 5.23. The molecule has 0 fully saturated rings. The van der Waals surface area contributed by atoms with Crippen molar-refractivity contribution in [3.8, 4) is 0 Å². The van der Waals surface area contributed by atoms with E-state index in [1.807, 2.05) is 46.7 Å². The van der Waals surface area contributed by atoms with Gasteiger partial charge in [0.05, 0.1) is 0 Å². The summed E-state index contributed by atoms with van der Waals surface area (Å²) in [6.07, 6.45) is 0.448. The number of rotatable bonds is 4. The molecule has 0 rings (SSSR count). The lowest BCUT2D eigenvalue weighted by molar-refractivity contribution is -0.146. The minimum atomic E-state index is -0.134. The zero-order chi connectivity index (χ0) is 11.8. The van der Waals surface area contributed by atoms with Gasteiger partial charge in [-0.05, 0) is 27.9 Å². The van der Waals surface area contributed by atoms with E-state index in [0.717, 1.165) is 0 Å². The monoisotopic (exact) mass is 203 g/mol. The lowest BCUT2D eigenvalue weighted by atomic mass is 10.1. The number of esters is 1. The molecule has 3 heteroatoms. The summed E-state index contributed by atoms with van der Waals surface area (Å²) in [5, 5.41) is 0. The minimum absolute atomic E-state index is 0.0785. The summed E-state index contributed by atoms with van der Waals surface area (Å²) in [4.78, 5) is 12.9. The molecule has 0 bridgehead atoms. The van der Waals surface area contributed by atoms with Crippen molar-refractivity contribution in [2.75, 3.05) is 20.7 Å². The third-order valence-electron chi connectivity index (χ3n) is 2.09. The first-order valence-electron chi connectivity index (χ1n) is 5.23. The van der Waals surface area contributed by atoms with Crippen LogP contribution in [0.5, 0.6) is 0 Å². The summed E-state index contributed by atoms with van der Waals surface area (Å²) in [6.45, 7) is 10.3. The summed E-state index contributed by atoms with van der Waals surface area (Å²) in [6, 6.07) is 0. The highest BCUT2D eigenvalue weighted by Gasteiger charge is 2.21. The second-order valence-corrected chi connectivity index (χ2v) is 3.72. The molecule has 0 saturated heterocycles. The predicted molar refractivity (Wildman–Crippen MR) is 60.4 cm³/mol. The average molecular weight is 203 g/mol. The number of nitrogens with zero attached hydrogens (tertiary/aromatic N) is 1. The zero-order valence-corrected chi connectivity index (χ0v) is 10.7. The van der Waals surface area contributed by atoms with Gasteiger partial charge in [0.25, 0.3) is 0 Å². The first kappa shape index (κ1) is 15.9. The number of hydrogen-bond donors (Lipinski definition) is 0. The maximum absolute atomic E-state index is 10.8. The number of hydrogen-bond acceptors (Lipinski definition) is 3. The van der Waals surface area contributed by atoms with E-state index in [1.165, 1.54) is 0 Å². The standard InChI is InChI=1S/C9H19NO2.C2H6/c1-6-8(11)12-7-9(2,3)10(4)5;1-2/h6-7H2,1-5H3;1-2H3. The molecule has 0 amide bonds. The number of likely N-dealkylation sites (N-methyl/N-ethyl adjacent to an activating group) is 1. The van der Waals surface area contributed by atoms with Gasteiger partial charge in [0, 0.05) is 12.0 Å². The molecule has 0 N–H and O–H groups in total. The van der Waals surface area contributed by atoms with Gasteiger partial charge in [0.2, 0.25) is 0 Å². The fourth-order valence-corrected chi connectivity index (χ4v) is 0.488. The Balaban J connectivity index is 0. The lowest BCUT2D eigenvalue weighted by Gasteiger charge is -2.31.